The number of allylic oxidation sites excluding steroid dienone is 2. The third-order valence-electron chi connectivity index (χ3n) is 4.30. The number of para-hydroxylation sites is 1. The Labute approximate surface area is 161 Å². The van der Waals surface area contributed by atoms with Gasteiger partial charge in [-0.05, 0) is 32.0 Å². The maximum Gasteiger partial charge on any atom is 0.238 e. The second-order valence-electron chi connectivity index (χ2n) is 6.30. The summed E-state index contributed by atoms with van der Waals surface area (Å²) in [6, 6.07) is 10.1. The zero-order valence-electron chi connectivity index (χ0n) is 14.6. The third-order valence-corrected chi connectivity index (χ3v) is 6.44. The summed E-state index contributed by atoms with van der Waals surface area (Å²) in [4.78, 5) is 25.1. The van der Waals surface area contributed by atoms with Gasteiger partial charge in [0.15, 0.2) is 5.16 Å². The molecule has 132 valence electrons. The number of amides is 1. The first-order valence-corrected chi connectivity index (χ1v) is 10.4. The average Bonchev–Trinajstić information content (AvgIpc) is 2.63. The Hall–Kier alpha value is -2.05. The number of hydrogen-bond donors (Lipinski definition) is 0. The molecule has 0 unspecified atom stereocenters. The van der Waals surface area contributed by atoms with Crippen LogP contribution in [0.1, 0.15) is 11.4 Å². The molecule has 0 radical (unpaired) electrons. The van der Waals surface area contributed by atoms with Crippen LogP contribution in [0.15, 0.2) is 64.7 Å². The lowest BCUT2D eigenvalue weighted by Crippen LogP contribution is -2.48. The molecule has 1 aromatic heterocycles. The van der Waals surface area contributed by atoms with Crippen LogP contribution < -0.4 is 4.90 Å². The van der Waals surface area contributed by atoms with Crippen molar-refractivity contribution in [1.29, 1.82) is 0 Å². The summed E-state index contributed by atoms with van der Waals surface area (Å²) in [5.41, 5.74) is 2.84. The lowest BCUT2D eigenvalue weighted by Gasteiger charge is -2.40. The normalized spacial score (nSPS) is 20.6. The second-order valence-corrected chi connectivity index (χ2v) is 8.46. The minimum absolute atomic E-state index is 0.0492. The number of nitrogens with zero attached hydrogens (tertiary/aromatic N) is 3. The molecule has 0 bridgehead atoms. The van der Waals surface area contributed by atoms with Crippen LogP contribution in [0.25, 0.3) is 0 Å². The monoisotopic (exact) mass is 381 g/mol. The van der Waals surface area contributed by atoms with E-state index in [2.05, 4.69) is 34.3 Å². The van der Waals surface area contributed by atoms with Crippen molar-refractivity contribution in [2.75, 3.05) is 10.7 Å². The van der Waals surface area contributed by atoms with Crippen LogP contribution in [0.5, 0.6) is 0 Å². The van der Waals surface area contributed by atoms with E-state index >= 15 is 0 Å². The van der Waals surface area contributed by atoms with Crippen molar-refractivity contribution in [3.05, 3.63) is 66.0 Å². The van der Waals surface area contributed by atoms with Gasteiger partial charge >= 0.3 is 0 Å². The molecule has 0 saturated heterocycles. The van der Waals surface area contributed by atoms with E-state index in [1.165, 1.54) is 11.8 Å². The van der Waals surface area contributed by atoms with E-state index in [4.69, 9.17) is 0 Å². The van der Waals surface area contributed by atoms with Gasteiger partial charge in [0.1, 0.15) is 0 Å². The average molecular weight is 382 g/mol. The molecule has 0 fully saturated rings. The first-order valence-electron chi connectivity index (χ1n) is 8.49. The Balaban J connectivity index is 1.59. The van der Waals surface area contributed by atoms with Gasteiger partial charge in [-0.2, -0.15) is 0 Å². The highest BCUT2D eigenvalue weighted by Gasteiger charge is 2.36. The zero-order chi connectivity index (χ0) is 18.1. The minimum Gasteiger partial charge on any atom is -0.302 e. The molecule has 2 aromatic rings. The molecular weight excluding hydrogens is 362 g/mol. The van der Waals surface area contributed by atoms with Gasteiger partial charge in [-0.1, -0.05) is 48.2 Å². The smallest absolute Gasteiger partial charge is 0.238 e. The third kappa shape index (κ3) is 3.44. The highest BCUT2D eigenvalue weighted by molar-refractivity contribution is 8.00. The highest BCUT2D eigenvalue weighted by Crippen LogP contribution is 2.43. The SMILES string of the molecule is Cc1cc(C)nc(SCC(=O)N2c3ccccc3S[C@H]3C=CC=C[C@H]32)n1. The molecule has 2 aliphatic rings. The van der Waals surface area contributed by atoms with Gasteiger partial charge in [0.2, 0.25) is 5.91 Å². The minimum atomic E-state index is 0.0492. The Morgan fingerprint density at radius 1 is 1.15 bits per heavy atom. The summed E-state index contributed by atoms with van der Waals surface area (Å²) in [6.45, 7) is 3.89. The van der Waals surface area contributed by atoms with E-state index in [1.807, 2.05) is 60.9 Å². The number of aromatic nitrogens is 2. The fourth-order valence-corrected chi connectivity index (χ4v) is 5.30. The quantitative estimate of drug-likeness (QED) is 0.589. The predicted octanol–water partition coefficient (Wildman–Crippen LogP) is 4.19. The van der Waals surface area contributed by atoms with Crippen molar-refractivity contribution in [2.24, 2.45) is 0 Å². The molecule has 1 aliphatic carbocycles. The number of rotatable bonds is 3. The van der Waals surface area contributed by atoms with Crippen LogP contribution in [0, 0.1) is 13.8 Å². The van der Waals surface area contributed by atoms with Gasteiger partial charge in [0, 0.05) is 16.3 Å². The Morgan fingerprint density at radius 3 is 2.69 bits per heavy atom. The van der Waals surface area contributed by atoms with Crippen LogP contribution in [0.4, 0.5) is 5.69 Å². The number of thioether (sulfide) groups is 2. The summed E-state index contributed by atoms with van der Waals surface area (Å²) >= 11 is 3.22. The van der Waals surface area contributed by atoms with E-state index in [9.17, 15) is 4.79 Å². The topological polar surface area (TPSA) is 46.1 Å². The summed E-state index contributed by atoms with van der Waals surface area (Å²) in [5, 5.41) is 0.910. The van der Waals surface area contributed by atoms with E-state index in [0.29, 0.717) is 10.9 Å². The maximum atomic E-state index is 13.1. The largest absolute Gasteiger partial charge is 0.302 e. The highest BCUT2D eigenvalue weighted by atomic mass is 32.2. The first kappa shape index (κ1) is 17.4. The van der Waals surface area contributed by atoms with Crippen LogP contribution in [0.2, 0.25) is 0 Å². The van der Waals surface area contributed by atoms with Crippen LogP contribution in [0.3, 0.4) is 0 Å². The number of fused-ring (bicyclic) bond motifs is 2. The van der Waals surface area contributed by atoms with Gasteiger partial charge in [0.05, 0.1) is 22.7 Å². The molecule has 4 rings (SSSR count). The number of anilines is 1. The molecule has 1 aromatic carbocycles. The summed E-state index contributed by atoms with van der Waals surface area (Å²) in [6.07, 6.45) is 8.37. The van der Waals surface area contributed by atoms with Gasteiger partial charge < -0.3 is 4.90 Å². The Kier molecular flexibility index (Phi) is 4.87. The number of hydrogen-bond acceptors (Lipinski definition) is 5. The van der Waals surface area contributed by atoms with E-state index in [1.54, 1.807) is 0 Å². The van der Waals surface area contributed by atoms with Crippen LogP contribution in [-0.4, -0.2) is 32.9 Å². The van der Waals surface area contributed by atoms with E-state index in [-0.39, 0.29) is 17.2 Å². The van der Waals surface area contributed by atoms with Crippen molar-refractivity contribution in [1.82, 2.24) is 9.97 Å². The molecule has 2 heterocycles. The first-order chi connectivity index (χ1) is 12.6. The van der Waals surface area contributed by atoms with Crippen LogP contribution in [-0.2, 0) is 4.79 Å². The fourth-order valence-electron chi connectivity index (χ4n) is 3.23. The standard InChI is InChI=1S/C20H19N3OS2/c1-13-11-14(2)22-20(21-13)25-12-19(24)23-15-7-3-5-9-17(15)26-18-10-6-4-8-16(18)23/h3-11,15,17H,12H2,1-2H3/t15-,17+/m1/s1. The molecule has 0 N–H and O–H groups in total. The molecule has 0 saturated carbocycles. The maximum absolute atomic E-state index is 13.1. The second kappa shape index (κ2) is 7.29. The molecule has 4 nitrogen and oxygen atoms in total. The lowest BCUT2D eigenvalue weighted by molar-refractivity contribution is -0.116. The molecule has 6 heteroatoms. The number of benzene rings is 1. The molecular formula is C20H19N3OS2. The zero-order valence-corrected chi connectivity index (χ0v) is 16.3. The molecule has 2 atom stereocenters. The number of carbonyl (C=O) groups excluding carboxylic acids is 1. The van der Waals surface area contributed by atoms with Crippen molar-refractivity contribution in [3.63, 3.8) is 0 Å². The van der Waals surface area contributed by atoms with E-state index < -0.39 is 0 Å². The molecule has 26 heavy (non-hydrogen) atoms. The Morgan fingerprint density at radius 2 is 1.88 bits per heavy atom. The Bertz CT molecular complexity index is 889. The predicted molar refractivity (Wildman–Crippen MR) is 108 cm³/mol. The summed E-state index contributed by atoms with van der Waals surface area (Å²) in [7, 11) is 0. The van der Waals surface area contributed by atoms with Gasteiger partial charge in [-0.3, -0.25) is 4.79 Å². The molecule has 1 amide bonds. The lowest BCUT2D eigenvalue weighted by atomic mass is 10.0. The van der Waals surface area contributed by atoms with Gasteiger partial charge in [-0.25, -0.2) is 9.97 Å². The number of carbonyl (C=O) groups is 1. The molecule has 0 spiro atoms. The molecule has 1 aliphatic heterocycles. The van der Waals surface area contributed by atoms with Crippen molar-refractivity contribution in [2.45, 2.75) is 35.2 Å². The summed E-state index contributed by atoms with van der Waals surface area (Å²) < 4.78 is 0. The van der Waals surface area contributed by atoms with Crippen LogP contribution >= 0.6 is 23.5 Å². The van der Waals surface area contributed by atoms with Crippen molar-refractivity contribution in [3.8, 4) is 0 Å². The van der Waals surface area contributed by atoms with Crippen molar-refractivity contribution >= 4 is 35.1 Å². The fraction of sp³-hybridized carbons (Fsp3) is 0.250. The van der Waals surface area contributed by atoms with E-state index in [0.717, 1.165) is 22.0 Å². The van der Waals surface area contributed by atoms with Gasteiger partial charge in [0.25, 0.3) is 0 Å². The van der Waals surface area contributed by atoms with Gasteiger partial charge in [-0.15, -0.1) is 11.8 Å². The van der Waals surface area contributed by atoms with Crippen molar-refractivity contribution < 1.29 is 4.79 Å². The summed E-state index contributed by atoms with van der Waals surface area (Å²) in [5.74, 6) is 0.406. The number of aryl methyl sites for hydroxylation is 2.